The molecule has 177 valence electrons. The fraction of sp³-hybridized carbons (Fsp3) is 0.750. The van der Waals surface area contributed by atoms with Crippen molar-refractivity contribution in [1.82, 2.24) is 0 Å². The Morgan fingerprint density at radius 3 is 2.29 bits per heavy atom. The van der Waals surface area contributed by atoms with E-state index in [1.807, 2.05) is 0 Å². The molecule has 0 spiro atoms. The number of rotatable bonds is 5. The van der Waals surface area contributed by atoms with Crippen molar-refractivity contribution in [2.24, 2.45) is 39.4 Å². The first-order valence-corrected chi connectivity index (χ1v) is 12.1. The fourth-order valence-electron chi connectivity index (χ4n) is 9.65. The number of methoxy groups -OCH3 is 1. The van der Waals surface area contributed by atoms with Gasteiger partial charge >= 0.3 is 0 Å². The van der Waals surface area contributed by atoms with E-state index in [1.165, 1.54) is 38.5 Å². The van der Waals surface area contributed by atoms with Crippen molar-refractivity contribution < 1.29 is 29.3 Å². The number of fused-ring (bicyclic) bond motifs is 5. The van der Waals surface area contributed by atoms with Crippen LogP contribution in [0.2, 0.25) is 0 Å². The number of hydrogen-bond acceptors (Lipinski definition) is 2. The molecular formula is C28H43O2Rh-. The predicted octanol–water partition coefficient (Wildman–Crippen LogP) is 6.52. The van der Waals surface area contributed by atoms with E-state index >= 15 is 0 Å². The number of ether oxygens (including phenoxy) is 1. The minimum Gasteiger partial charge on any atom is -0.387 e. The van der Waals surface area contributed by atoms with Gasteiger partial charge in [0.1, 0.15) is 0 Å². The summed E-state index contributed by atoms with van der Waals surface area (Å²) < 4.78 is 5.41. The summed E-state index contributed by atoms with van der Waals surface area (Å²) in [5.41, 5.74) is 1.02. The molecule has 4 rings (SSSR count). The smallest absolute Gasteiger partial charge is 0.0885 e. The van der Waals surface area contributed by atoms with Gasteiger partial charge in [0, 0.05) is 26.6 Å². The average Bonchev–Trinajstić information content (AvgIpc) is 3.00. The Kier molecular flexibility index (Phi) is 6.63. The second-order valence-electron chi connectivity index (χ2n) is 11.9. The van der Waals surface area contributed by atoms with Gasteiger partial charge in [-0.1, -0.05) is 26.0 Å². The first-order chi connectivity index (χ1) is 14.1. The molecule has 1 N–H and O–H groups in total. The van der Waals surface area contributed by atoms with Crippen LogP contribution in [0.15, 0.2) is 37.5 Å². The summed E-state index contributed by atoms with van der Waals surface area (Å²) in [6, 6.07) is 0. The Hall–Kier alpha value is -0.367. The molecule has 0 aromatic heterocycles. The molecule has 4 aliphatic carbocycles. The van der Waals surface area contributed by atoms with E-state index in [9.17, 15) is 5.11 Å². The Morgan fingerprint density at radius 1 is 1.03 bits per heavy atom. The quantitative estimate of drug-likeness (QED) is 0.257. The van der Waals surface area contributed by atoms with Gasteiger partial charge in [-0.25, -0.2) is 19.1 Å². The zero-order valence-corrected chi connectivity index (χ0v) is 21.6. The van der Waals surface area contributed by atoms with Gasteiger partial charge in [-0.3, -0.25) is 0 Å². The summed E-state index contributed by atoms with van der Waals surface area (Å²) in [4.78, 5) is 0. The van der Waals surface area contributed by atoms with Crippen LogP contribution in [0.1, 0.15) is 71.6 Å². The van der Waals surface area contributed by atoms with E-state index in [4.69, 9.17) is 4.74 Å². The van der Waals surface area contributed by atoms with Crippen LogP contribution in [0.25, 0.3) is 0 Å². The molecule has 0 heterocycles. The first kappa shape index (κ1) is 25.3. The molecule has 0 bridgehead atoms. The average molecular weight is 515 g/mol. The Morgan fingerprint density at radius 2 is 1.71 bits per heavy atom. The van der Waals surface area contributed by atoms with Crippen LogP contribution >= 0.6 is 0 Å². The third-order valence-corrected chi connectivity index (χ3v) is 10.8. The van der Waals surface area contributed by atoms with Gasteiger partial charge in [0.05, 0.1) is 12.2 Å². The van der Waals surface area contributed by atoms with Gasteiger partial charge in [-0.2, -0.15) is 0 Å². The van der Waals surface area contributed by atoms with Crippen LogP contribution in [-0.2, 0) is 24.2 Å². The molecule has 0 saturated heterocycles. The van der Waals surface area contributed by atoms with Crippen LogP contribution < -0.4 is 0 Å². The molecule has 4 fully saturated rings. The fourth-order valence-corrected chi connectivity index (χ4v) is 9.65. The van der Waals surface area contributed by atoms with Crippen molar-refractivity contribution in [3.63, 3.8) is 0 Å². The van der Waals surface area contributed by atoms with Crippen molar-refractivity contribution in [1.29, 1.82) is 0 Å². The molecule has 4 saturated carbocycles. The number of allylic oxidation sites excluding steroid dienone is 3. The number of hydrogen-bond donors (Lipinski definition) is 1. The standard InChI is InChI=1S/C28H43O2.Rh/c1-8-27-17-16-25(6)21(20(3)4)10-15-28(25,9-2)23(27)11-13-24(5)18-26(29,19-30-7)14-12-22(24)27;/h8-9,21-23,29H,1-4,10-19H2,5-7H3;/q-1;/t21-,22+,23-,24+,25-,26-,27-,28+;/m1./s1. The van der Waals surface area contributed by atoms with Crippen LogP contribution in [0.4, 0.5) is 0 Å². The SMILES string of the molecule is C=C[C@]12CC[C@]3(C)[C@@H](C(=C)[CH2-])CC[C@@]3(C=C)[C@@H]1CC[C@@]1(C)C[C@@](O)(COC)CC[C@@H]12.[Rh]. The van der Waals surface area contributed by atoms with Crippen molar-refractivity contribution in [3.8, 4) is 0 Å². The normalized spacial score (nSPS) is 50.9. The van der Waals surface area contributed by atoms with E-state index in [0.29, 0.717) is 24.4 Å². The molecule has 3 heteroatoms. The summed E-state index contributed by atoms with van der Waals surface area (Å²) >= 11 is 0. The van der Waals surface area contributed by atoms with E-state index < -0.39 is 5.60 Å². The van der Waals surface area contributed by atoms with Gasteiger partial charge in [0.15, 0.2) is 0 Å². The molecule has 8 atom stereocenters. The predicted molar refractivity (Wildman–Crippen MR) is 125 cm³/mol. The maximum Gasteiger partial charge on any atom is 0.0885 e. The van der Waals surface area contributed by atoms with E-state index in [-0.39, 0.29) is 41.1 Å². The Bertz CT molecular complexity index is 747. The molecule has 0 aromatic rings. The largest absolute Gasteiger partial charge is 0.387 e. The van der Waals surface area contributed by atoms with Crippen LogP contribution in [0.5, 0.6) is 0 Å². The van der Waals surface area contributed by atoms with Gasteiger partial charge in [-0.15, -0.1) is 13.2 Å². The molecule has 4 aliphatic rings. The van der Waals surface area contributed by atoms with Crippen molar-refractivity contribution in [3.05, 3.63) is 44.4 Å². The summed E-state index contributed by atoms with van der Waals surface area (Å²) in [5.74, 6) is 1.64. The van der Waals surface area contributed by atoms with Gasteiger partial charge in [0.25, 0.3) is 0 Å². The minimum absolute atomic E-state index is 0. The third-order valence-electron chi connectivity index (χ3n) is 10.8. The second kappa shape index (κ2) is 8.14. The number of aliphatic hydroxyl groups is 1. The third kappa shape index (κ3) is 3.24. The Labute approximate surface area is 203 Å². The molecule has 1 radical (unpaired) electrons. The zero-order valence-electron chi connectivity index (χ0n) is 20.0. The summed E-state index contributed by atoms with van der Waals surface area (Å²) in [6.45, 7) is 22.9. The molecule has 0 aliphatic heterocycles. The van der Waals surface area contributed by atoms with Crippen LogP contribution in [0, 0.1) is 46.3 Å². The van der Waals surface area contributed by atoms with Crippen molar-refractivity contribution >= 4 is 0 Å². The van der Waals surface area contributed by atoms with Crippen molar-refractivity contribution in [2.75, 3.05) is 13.7 Å². The summed E-state index contributed by atoms with van der Waals surface area (Å²) in [6.07, 6.45) is 14.6. The first-order valence-electron chi connectivity index (χ1n) is 12.1. The second-order valence-corrected chi connectivity index (χ2v) is 11.9. The van der Waals surface area contributed by atoms with Crippen LogP contribution in [0.3, 0.4) is 0 Å². The molecule has 2 nitrogen and oxygen atoms in total. The van der Waals surface area contributed by atoms with Crippen LogP contribution in [-0.4, -0.2) is 24.4 Å². The molecule has 31 heavy (non-hydrogen) atoms. The minimum atomic E-state index is -0.682. The van der Waals surface area contributed by atoms with E-state index in [1.54, 1.807) is 7.11 Å². The monoisotopic (exact) mass is 514 g/mol. The molecule has 0 amide bonds. The van der Waals surface area contributed by atoms with Gasteiger partial charge < -0.3 is 9.84 Å². The van der Waals surface area contributed by atoms with E-state index in [2.05, 4.69) is 52.7 Å². The molecular weight excluding hydrogens is 471 g/mol. The maximum atomic E-state index is 11.2. The summed E-state index contributed by atoms with van der Waals surface area (Å²) in [7, 11) is 1.71. The van der Waals surface area contributed by atoms with E-state index in [0.717, 1.165) is 24.8 Å². The van der Waals surface area contributed by atoms with Crippen molar-refractivity contribution in [2.45, 2.75) is 77.2 Å². The summed E-state index contributed by atoms with van der Waals surface area (Å²) in [5, 5.41) is 11.2. The maximum absolute atomic E-state index is 11.2. The molecule has 0 unspecified atom stereocenters. The Balaban J connectivity index is 0.00000272. The van der Waals surface area contributed by atoms with Gasteiger partial charge in [-0.05, 0) is 97.2 Å². The topological polar surface area (TPSA) is 29.5 Å². The molecule has 0 aromatic carbocycles. The zero-order chi connectivity index (χ0) is 22.0. The van der Waals surface area contributed by atoms with Gasteiger partial charge in [0.2, 0.25) is 0 Å².